The summed E-state index contributed by atoms with van der Waals surface area (Å²) in [5.41, 5.74) is 3.51. The number of benzene rings is 1. The van der Waals surface area contributed by atoms with Crippen LogP contribution in [0, 0.1) is 18.8 Å². The number of anilines is 1. The van der Waals surface area contributed by atoms with Crippen molar-refractivity contribution in [3.8, 4) is 0 Å². The summed E-state index contributed by atoms with van der Waals surface area (Å²) in [6, 6.07) is 6.63. The first-order chi connectivity index (χ1) is 13.9. The van der Waals surface area contributed by atoms with Gasteiger partial charge in [-0.15, -0.1) is 0 Å². The SMILES string of the molecule is Cc1nc(CN(C)C(=O)c2cccc(N3NC(=O)[C@@H]4CC=CC[C@H]4C3=O)c2)no1. The normalized spacial score (nSPS) is 21.0. The van der Waals surface area contributed by atoms with Gasteiger partial charge in [0, 0.05) is 19.5 Å². The van der Waals surface area contributed by atoms with Crippen molar-refractivity contribution in [1.82, 2.24) is 20.5 Å². The van der Waals surface area contributed by atoms with Crippen LogP contribution >= 0.6 is 0 Å². The van der Waals surface area contributed by atoms with Crippen molar-refractivity contribution in [2.45, 2.75) is 26.3 Å². The summed E-state index contributed by atoms with van der Waals surface area (Å²) in [4.78, 5) is 43.7. The molecule has 0 unspecified atom stereocenters. The van der Waals surface area contributed by atoms with E-state index in [1.807, 2.05) is 12.2 Å². The van der Waals surface area contributed by atoms with Crippen LogP contribution in [0.3, 0.4) is 0 Å². The van der Waals surface area contributed by atoms with E-state index in [1.165, 1.54) is 9.91 Å². The molecule has 0 bridgehead atoms. The average Bonchev–Trinajstić information content (AvgIpc) is 3.14. The van der Waals surface area contributed by atoms with Gasteiger partial charge in [0.1, 0.15) is 0 Å². The van der Waals surface area contributed by atoms with Gasteiger partial charge in [-0.1, -0.05) is 23.4 Å². The van der Waals surface area contributed by atoms with Crippen LogP contribution in [0.5, 0.6) is 0 Å². The second-order valence-electron chi connectivity index (χ2n) is 7.25. The van der Waals surface area contributed by atoms with Gasteiger partial charge in [0.15, 0.2) is 5.82 Å². The highest BCUT2D eigenvalue weighted by Gasteiger charge is 2.42. The van der Waals surface area contributed by atoms with Gasteiger partial charge in [-0.3, -0.25) is 19.8 Å². The van der Waals surface area contributed by atoms with E-state index >= 15 is 0 Å². The lowest BCUT2D eigenvalue weighted by Crippen LogP contribution is -2.59. The molecule has 3 amide bonds. The van der Waals surface area contributed by atoms with Crippen molar-refractivity contribution >= 4 is 23.4 Å². The van der Waals surface area contributed by atoms with E-state index in [-0.39, 0.29) is 36.1 Å². The number of carbonyl (C=O) groups is 3. The Bertz CT molecular complexity index is 998. The Kier molecular flexibility index (Phi) is 4.87. The highest BCUT2D eigenvalue weighted by Crippen LogP contribution is 2.32. The molecule has 1 aromatic carbocycles. The molecule has 1 fully saturated rings. The number of rotatable bonds is 4. The predicted molar refractivity (Wildman–Crippen MR) is 102 cm³/mol. The van der Waals surface area contributed by atoms with Crippen LogP contribution in [-0.4, -0.2) is 39.8 Å². The summed E-state index contributed by atoms with van der Waals surface area (Å²) in [6.07, 6.45) is 4.97. The number of hydrazine groups is 1. The number of fused-ring (bicyclic) bond motifs is 1. The van der Waals surface area contributed by atoms with Crippen LogP contribution in [-0.2, 0) is 16.1 Å². The molecule has 0 spiro atoms. The minimum Gasteiger partial charge on any atom is -0.340 e. The summed E-state index contributed by atoms with van der Waals surface area (Å²) in [5.74, 6) is -0.485. The Hall–Kier alpha value is -3.49. The molecular weight excluding hydrogens is 374 g/mol. The van der Waals surface area contributed by atoms with E-state index < -0.39 is 0 Å². The zero-order valence-corrected chi connectivity index (χ0v) is 16.2. The average molecular weight is 395 g/mol. The molecule has 2 aliphatic rings. The molecule has 0 radical (unpaired) electrons. The van der Waals surface area contributed by atoms with Gasteiger partial charge in [0.2, 0.25) is 17.7 Å². The highest BCUT2D eigenvalue weighted by atomic mass is 16.5. The third-order valence-electron chi connectivity index (χ3n) is 5.17. The van der Waals surface area contributed by atoms with Gasteiger partial charge in [0.25, 0.3) is 5.91 Å². The van der Waals surface area contributed by atoms with Crippen molar-refractivity contribution in [2.24, 2.45) is 11.8 Å². The van der Waals surface area contributed by atoms with E-state index in [0.717, 1.165) is 0 Å². The minimum atomic E-state index is -0.378. The number of nitrogens with one attached hydrogen (secondary N) is 1. The van der Waals surface area contributed by atoms with E-state index in [0.29, 0.717) is 35.8 Å². The number of hydrogen-bond donors (Lipinski definition) is 1. The Morgan fingerprint density at radius 1 is 1.28 bits per heavy atom. The predicted octanol–water partition coefficient (Wildman–Crippen LogP) is 1.61. The lowest BCUT2D eigenvalue weighted by molar-refractivity contribution is -0.139. The number of allylic oxidation sites excluding steroid dienone is 2. The topological polar surface area (TPSA) is 109 Å². The molecule has 2 heterocycles. The second kappa shape index (κ2) is 7.50. The fraction of sp³-hybridized carbons (Fsp3) is 0.350. The second-order valence-corrected chi connectivity index (χ2v) is 7.25. The summed E-state index contributed by atoms with van der Waals surface area (Å²) in [7, 11) is 1.63. The van der Waals surface area contributed by atoms with Crippen molar-refractivity contribution in [1.29, 1.82) is 0 Å². The first-order valence-corrected chi connectivity index (χ1v) is 9.38. The minimum absolute atomic E-state index is 0.167. The molecule has 29 heavy (non-hydrogen) atoms. The van der Waals surface area contributed by atoms with Gasteiger partial charge in [0.05, 0.1) is 24.1 Å². The standard InChI is InChI=1S/C20H21N5O4/c1-12-21-17(23-29-12)11-24(2)19(27)13-6-5-7-14(10-13)25-20(28)16-9-4-3-8-15(16)18(26)22-25/h3-7,10,15-16H,8-9,11H2,1-2H3,(H,22,26)/t15-,16-/m1/s1. The van der Waals surface area contributed by atoms with Crippen molar-refractivity contribution in [3.63, 3.8) is 0 Å². The molecule has 9 heteroatoms. The van der Waals surface area contributed by atoms with Crippen LogP contribution in [0.25, 0.3) is 0 Å². The fourth-order valence-electron chi connectivity index (χ4n) is 3.67. The Morgan fingerprint density at radius 2 is 2.03 bits per heavy atom. The van der Waals surface area contributed by atoms with Gasteiger partial charge in [-0.05, 0) is 31.0 Å². The molecule has 2 atom stereocenters. The number of aryl methyl sites for hydroxylation is 1. The Balaban J connectivity index is 1.53. The molecule has 9 nitrogen and oxygen atoms in total. The van der Waals surface area contributed by atoms with Crippen molar-refractivity contribution in [2.75, 3.05) is 12.1 Å². The summed E-state index contributed by atoms with van der Waals surface area (Å²) in [5, 5.41) is 5.05. The van der Waals surface area contributed by atoms with Crippen LogP contribution in [0.4, 0.5) is 5.69 Å². The zero-order valence-electron chi connectivity index (χ0n) is 16.2. The van der Waals surface area contributed by atoms with E-state index in [2.05, 4.69) is 15.6 Å². The third kappa shape index (κ3) is 3.63. The third-order valence-corrected chi connectivity index (χ3v) is 5.17. The molecule has 0 saturated carbocycles. The van der Waals surface area contributed by atoms with Gasteiger partial charge in [-0.25, -0.2) is 5.01 Å². The van der Waals surface area contributed by atoms with Crippen LogP contribution in [0.1, 0.15) is 34.9 Å². The first kappa shape index (κ1) is 18.9. The molecule has 4 rings (SSSR count). The maximum absolute atomic E-state index is 12.9. The maximum Gasteiger partial charge on any atom is 0.254 e. The molecule has 1 aliphatic heterocycles. The van der Waals surface area contributed by atoms with Crippen LogP contribution < -0.4 is 10.4 Å². The number of nitrogens with zero attached hydrogens (tertiary/aromatic N) is 4. The number of aromatic nitrogens is 2. The Morgan fingerprint density at radius 3 is 2.76 bits per heavy atom. The molecule has 1 saturated heterocycles. The quantitative estimate of drug-likeness (QED) is 0.788. The molecule has 1 aromatic heterocycles. The van der Waals surface area contributed by atoms with Crippen molar-refractivity contribution < 1.29 is 18.9 Å². The monoisotopic (exact) mass is 395 g/mol. The van der Waals surface area contributed by atoms with E-state index in [9.17, 15) is 14.4 Å². The lowest BCUT2D eigenvalue weighted by atomic mass is 9.80. The molecular formula is C20H21N5O4. The van der Waals surface area contributed by atoms with Gasteiger partial charge < -0.3 is 9.42 Å². The molecule has 1 N–H and O–H groups in total. The number of hydrogen-bond acceptors (Lipinski definition) is 6. The fourth-order valence-corrected chi connectivity index (χ4v) is 3.67. The molecule has 1 aliphatic carbocycles. The largest absolute Gasteiger partial charge is 0.340 e. The zero-order chi connectivity index (χ0) is 20.5. The van der Waals surface area contributed by atoms with Crippen LogP contribution in [0.15, 0.2) is 40.9 Å². The lowest BCUT2D eigenvalue weighted by Gasteiger charge is -2.38. The maximum atomic E-state index is 12.9. The van der Waals surface area contributed by atoms with Crippen LogP contribution in [0.2, 0.25) is 0 Å². The van der Waals surface area contributed by atoms with E-state index in [4.69, 9.17) is 4.52 Å². The molecule has 150 valence electrons. The highest BCUT2D eigenvalue weighted by molar-refractivity contribution is 6.05. The molecule has 2 aromatic rings. The van der Waals surface area contributed by atoms with Gasteiger partial charge >= 0.3 is 0 Å². The summed E-state index contributed by atoms with van der Waals surface area (Å²) in [6.45, 7) is 1.87. The smallest absolute Gasteiger partial charge is 0.254 e. The summed E-state index contributed by atoms with van der Waals surface area (Å²) < 4.78 is 4.93. The van der Waals surface area contributed by atoms with E-state index in [1.54, 1.807) is 38.2 Å². The first-order valence-electron chi connectivity index (χ1n) is 9.38. The number of carbonyl (C=O) groups excluding carboxylic acids is 3. The Labute approximate surface area is 167 Å². The van der Waals surface area contributed by atoms with Gasteiger partial charge in [-0.2, -0.15) is 4.98 Å². The number of amides is 3. The van der Waals surface area contributed by atoms with Crippen molar-refractivity contribution in [3.05, 3.63) is 53.7 Å². The summed E-state index contributed by atoms with van der Waals surface area (Å²) >= 11 is 0.